The molecule has 1 N–H and O–H groups in total. The number of ether oxygens (including phenoxy) is 1. The number of fused-ring (bicyclic) bond motifs is 1. The molecule has 0 spiro atoms. The first-order valence-electron chi connectivity index (χ1n) is 6.52. The van der Waals surface area contributed by atoms with Crippen molar-refractivity contribution in [2.24, 2.45) is 0 Å². The summed E-state index contributed by atoms with van der Waals surface area (Å²) in [6.07, 6.45) is -0.290. The van der Waals surface area contributed by atoms with Gasteiger partial charge >= 0.3 is 6.09 Å². The Hall–Kier alpha value is -1.82. The number of aromatic amines is 1. The van der Waals surface area contributed by atoms with Crippen molar-refractivity contribution in [2.75, 3.05) is 0 Å². The molecular formula is C14H17N3O2S. The molecule has 106 valence electrons. The van der Waals surface area contributed by atoms with E-state index in [0.717, 1.165) is 22.1 Å². The maximum absolute atomic E-state index is 12.0. The first-order chi connectivity index (χ1) is 9.42. The summed E-state index contributed by atoms with van der Waals surface area (Å²) in [5, 5.41) is 2.02. The zero-order chi connectivity index (χ0) is 14.3. The fraction of sp³-hybridized carbons (Fsp3) is 0.429. The van der Waals surface area contributed by atoms with Crippen molar-refractivity contribution >= 4 is 17.4 Å². The number of rotatable bonds is 1. The molecule has 0 atom stereocenters. The minimum absolute atomic E-state index is 0.290. The molecule has 0 aliphatic carbocycles. The van der Waals surface area contributed by atoms with Crippen molar-refractivity contribution in [3.05, 3.63) is 28.9 Å². The highest BCUT2D eigenvalue weighted by molar-refractivity contribution is 7.13. The zero-order valence-electron chi connectivity index (χ0n) is 11.8. The Labute approximate surface area is 121 Å². The molecule has 3 rings (SSSR count). The number of carbonyl (C=O) groups is 1. The van der Waals surface area contributed by atoms with Crippen molar-refractivity contribution in [3.63, 3.8) is 0 Å². The van der Waals surface area contributed by atoms with E-state index < -0.39 is 5.60 Å². The molecule has 3 heterocycles. The van der Waals surface area contributed by atoms with Gasteiger partial charge in [0.1, 0.15) is 11.4 Å². The normalized spacial score (nSPS) is 14.4. The van der Waals surface area contributed by atoms with Gasteiger partial charge < -0.3 is 9.72 Å². The van der Waals surface area contributed by atoms with Crippen molar-refractivity contribution in [3.8, 4) is 10.7 Å². The number of nitrogens with zero attached hydrogens (tertiary/aromatic N) is 2. The molecule has 0 fully saturated rings. The first-order valence-corrected chi connectivity index (χ1v) is 7.40. The van der Waals surface area contributed by atoms with Crippen molar-refractivity contribution < 1.29 is 9.53 Å². The third-order valence-corrected chi connectivity index (χ3v) is 3.84. The molecule has 2 aromatic heterocycles. The Balaban J connectivity index is 1.71. The third kappa shape index (κ3) is 2.56. The smallest absolute Gasteiger partial charge is 0.410 e. The van der Waals surface area contributed by atoms with Crippen LogP contribution in [0.4, 0.5) is 4.79 Å². The number of imidazole rings is 1. The van der Waals surface area contributed by atoms with E-state index in [0.29, 0.717) is 13.1 Å². The van der Waals surface area contributed by atoms with Gasteiger partial charge in [0.25, 0.3) is 0 Å². The molecule has 5 nitrogen and oxygen atoms in total. The number of H-pyrrole nitrogens is 1. The number of amides is 1. The third-order valence-electron chi connectivity index (χ3n) is 2.96. The molecule has 0 aromatic carbocycles. The molecule has 6 heteroatoms. The highest BCUT2D eigenvalue weighted by Crippen LogP contribution is 2.28. The van der Waals surface area contributed by atoms with Crippen molar-refractivity contribution in [1.82, 2.24) is 14.9 Å². The lowest BCUT2D eigenvalue weighted by atomic mass is 10.2. The Bertz CT molecular complexity index is 602. The maximum Gasteiger partial charge on any atom is 0.410 e. The van der Waals surface area contributed by atoms with Gasteiger partial charge in [-0.3, -0.25) is 4.90 Å². The topological polar surface area (TPSA) is 58.2 Å². The second-order valence-corrected chi connectivity index (χ2v) is 6.77. The van der Waals surface area contributed by atoms with Gasteiger partial charge in [-0.15, -0.1) is 11.3 Å². The average molecular weight is 291 g/mol. The Morgan fingerprint density at radius 1 is 1.45 bits per heavy atom. The zero-order valence-corrected chi connectivity index (χ0v) is 12.6. The fourth-order valence-electron chi connectivity index (χ4n) is 2.12. The van der Waals surface area contributed by atoms with Gasteiger partial charge in [0, 0.05) is 0 Å². The van der Waals surface area contributed by atoms with Crippen LogP contribution in [0.2, 0.25) is 0 Å². The summed E-state index contributed by atoms with van der Waals surface area (Å²) in [7, 11) is 0. The molecule has 20 heavy (non-hydrogen) atoms. The van der Waals surface area contributed by atoms with Crippen molar-refractivity contribution in [1.29, 1.82) is 0 Å². The van der Waals surface area contributed by atoms with Crippen LogP contribution in [0, 0.1) is 0 Å². The summed E-state index contributed by atoms with van der Waals surface area (Å²) in [5.41, 5.74) is 1.46. The van der Waals surface area contributed by atoms with E-state index in [1.807, 2.05) is 38.3 Å². The molecular weight excluding hydrogens is 274 g/mol. The monoisotopic (exact) mass is 291 g/mol. The molecule has 0 bridgehead atoms. The van der Waals surface area contributed by atoms with Crippen LogP contribution in [0.15, 0.2) is 17.5 Å². The van der Waals surface area contributed by atoms with Crippen LogP contribution in [0.25, 0.3) is 10.7 Å². The second kappa shape index (κ2) is 4.63. The largest absolute Gasteiger partial charge is 0.444 e. The van der Waals surface area contributed by atoms with Gasteiger partial charge in [-0.25, -0.2) is 9.78 Å². The molecule has 0 saturated carbocycles. The lowest BCUT2D eigenvalue weighted by Gasteiger charge is -2.24. The van der Waals surface area contributed by atoms with Crippen LogP contribution >= 0.6 is 11.3 Å². The second-order valence-electron chi connectivity index (χ2n) is 5.82. The standard InChI is InChI=1S/C14H17N3O2S/c1-14(2,3)19-13(18)17-7-9-10(8-17)16-12(15-9)11-5-4-6-20-11/h4-6H,7-8H2,1-3H3,(H,15,16). The number of carbonyl (C=O) groups excluding carboxylic acids is 1. The predicted molar refractivity (Wildman–Crippen MR) is 77.4 cm³/mol. The first kappa shape index (κ1) is 13.2. The van der Waals surface area contributed by atoms with E-state index in [2.05, 4.69) is 9.97 Å². The molecule has 0 radical (unpaired) electrons. The average Bonchev–Trinajstić information content (AvgIpc) is 3.01. The van der Waals surface area contributed by atoms with Gasteiger partial charge in [0.15, 0.2) is 0 Å². The highest BCUT2D eigenvalue weighted by atomic mass is 32.1. The van der Waals surface area contributed by atoms with E-state index in [-0.39, 0.29) is 6.09 Å². The van der Waals surface area contributed by atoms with Crippen molar-refractivity contribution in [2.45, 2.75) is 39.5 Å². The summed E-state index contributed by atoms with van der Waals surface area (Å²) >= 11 is 1.65. The van der Waals surface area contributed by atoms with Crippen LogP contribution in [0.3, 0.4) is 0 Å². The van der Waals surface area contributed by atoms with Crippen LogP contribution in [0.1, 0.15) is 32.2 Å². The van der Waals surface area contributed by atoms with Crippen LogP contribution < -0.4 is 0 Å². The SMILES string of the molecule is CC(C)(C)OC(=O)N1Cc2nc(-c3cccs3)[nH]c2C1. The van der Waals surface area contributed by atoms with Crippen LogP contribution in [-0.4, -0.2) is 26.6 Å². The molecule has 1 aliphatic rings. The lowest BCUT2D eigenvalue weighted by Crippen LogP contribution is -2.33. The Kier molecular flexibility index (Phi) is 3.05. The minimum Gasteiger partial charge on any atom is -0.444 e. The number of thiophene rings is 1. The highest BCUT2D eigenvalue weighted by Gasteiger charge is 2.30. The van der Waals surface area contributed by atoms with E-state index in [1.54, 1.807) is 16.2 Å². The van der Waals surface area contributed by atoms with E-state index in [4.69, 9.17) is 4.74 Å². The summed E-state index contributed by atoms with van der Waals surface area (Å²) in [5.74, 6) is 0.883. The molecule has 0 saturated heterocycles. The van der Waals surface area contributed by atoms with Gasteiger partial charge in [0.05, 0.1) is 29.4 Å². The summed E-state index contributed by atoms with van der Waals surface area (Å²) < 4.78 is 5.37. The number of aromatic nitrogens is 2. The molecule has 1 amide bonds. The predicted octanol–water partition coefficient (Wildman–Crippen LogP) is 3.39. The maximum atomic E-state index is 12.0. The van der Waals surface area contributed by atoms with E-state index in [9.17, 15) is 4.79 Å². The molecule has 1 aliphatic heterocycles. The Morgan fingerprint density at radius 3 is 2.85 bits per heavy atom. The van der Waals surface area contributed by atoms with Gasteiger partial charge in [0.2, 0.25) is 0 Å². The van der Waals surface area contributed by atoms with Gasteiger partial charge in [-0.2, -0.15) is 0 Å². The summed E-state index contributed by atoms with van der Waals surface area (Å²) in [4.78, 5) is 22.6. The minimum atomic E-state index is -0.469. The number of nitrogens with one attached hydrogen (secondary N) is 1. The lowest BCUT2D eigenvalue weighted by molar-refractivity contribution is 0.0239. The fourth-order valence-corrected chi connectivity index (χ4v) is 2.79. The van der Waals surface area contributed by atoms with Crippen LogP contribution in [-0.2, 0) is 17.8 Å². The molecule has 0 unspecified atom stereocenters. The number of hydrogen-bond donors (Lipinski definition) is 1. The summed E-state index contributed by atoms with van der Waals surface area (Å²) in [6.45, 7) is 6.64. The number of hydrogen-bond acceptors (Lipinski definition) is 4. The van der Waals surface area contributed by atoms with Crippen LogP contribution in [0.5, 0.6) is 0 Å². The summed E-state index contributed by atoms with van der Waals surface area (Å²) in [6, 6.07) is 4.03. The quantitative estimate of drug-likeness (QED) is 0.876. The Morgan fingerprint density at radius 2 is 2.25 bits per heavy atom. The molecule has 2 aromatic rings. The van der Waals surface area contributed by atoms with E-state index in [1.165, 1.54) is 0 Å². The van der Waals surface area contributed by atoms with Gasteiger partial charge in [-0.1, -0.05) is 6.07 Å². The van der Waals surface area contributed by atoms with Gasteiger partial charge in [-0.05, 0) is 32.2 Å². The van der Waals surface area contributed by atoms with E-state index >= 15 is 0 Å².